The summed E-state index contributed by atoms with van der Waals surface area (Å²) in [7, 11) is 0. The third kappa shape index (κ3) is 4.04. The topological polar surface area (TPSA) is 45.2 Å². The van der Waals surface area contributed by atoms with Gasteiger partial charge in [-0.15, -0.1) is 11.3 Å². The number of amides is 1. The van der Waals surface area contributed by atoms with Gasteiger partial charge in [0.15, 0.2) is 0 Å². The number of rotatable bonds is 4. The second-order valence-corrected chi connectivity index (χ2v) is 8.43. The minimum absolute atomic E-state index is 0.0525. The van der Waals surface area contributed by atoms with E-state index in [1.807, 2.05) is 26.0 Å². The molecule has 4 nitrogen and oxygen atoms in total. The highest BCUT2D eigenvalue weighted by Gasteiger charge is 2.28. The molecule has 1 amide bonds. The Bertz CT molecular complexity index is 932. The summed E-state index contributed by atoms with van der Waals surface area (Å²) in [5.74, 6) is 0.0525. The zero-order valence-corrected chi connectivity index (χ0v) is 16.7. The van der Waals surface area contributed by atoms with Crippen molar-refractivity contribution in [1.82, 2.24) is 9.88 Å². The molecule has 0 spiro atoms. The Kier molecular flexibility index (Phi) is 5.23. The largest absolute Gasteiger partial charge is 0.325 e. The summed E-state index contributed by atoms with van der Waals surface area (Å²) in [4.78, 5) is 19.9. The summed E-state index contributed by atoms with van der Waals surface area (Å²) in [6, 6.07) is 14.7. The van der Waals surface area contributed by atoms with E-state index in [0.29, 0.717) is 6.54 Å². The average Bonchev–Trinajstić information content (AvgIpc) is 3.09. The molecule has 27 heavy (non-hydrogen) atoms. The lowest BCUT2D eigenvalue weighted by molar-refractivity contribution is -0.118. The van der Waals surface area contributed by atoms with E-state index in [9.17, 15) is 4.79 Å². The lowest BCUT2D eigenvalue weighted by Gasteiger charge is -2.33. The normalized spacial score (nSPS) is 17.9. The Labute approximate surface area is 164 Å². The number of piperidine rings is 1. The van der Waals surface area contributed by atoms with E-state index in [-0.39, 0.29) is 11.9 Å². The van der Waals surface area contributed by atoms with E-state index in [4.69, 9.17) is 4.98 Å². The molecule has 1 aliphatic heterocycles. The maximum atomic E-state index is 12.7. The first-order chi connectivity index (χ1) is 13.1. The average molecular weight is 380 g/mol. The highest BCUT2D eigenvalue weighted by atomic mass is 32.1. The van der Waals surface area contributed by atoms with Crippen LogP contribution in [0.4, 0.5) is 5.69 Å². The van der Waals surface area contributed by atoms with Crippen LogP contribution in [-0.2, 0) is 4.79 Å². The fourth-order valence-electron chi connectivity index (χ4n) is 3.74. The molecule has 0 aliphatic carbocycles. The number of para-hydroxylation sites is 1. The van der Waals surface area contributed by atoms with Crippen molar-refractivity contribution >= 4 is 33.1 Å². The molecule has 2 aromatic carbocycles. The minimum atomic E-state index is 0.0525. The smallest absolute Gasteiger partial charge is 0.238 e. The molecule has 1 N–H and O–H groups in total. The molecule has 0 saturated carbocycles. The summed E-state index contributed by atoms with van der Waals surface area (Å²) >= 11 is 1.76. The van der Waals surface area contributed by atoms with Crippen molar-refractivity contribution < 1.29 is 4.79 Å². The molecule has 1 aromatic heterocycles. The van der Waals surface area contributed by atoms with E-state index in [1.165, 1.54) is 11.1 Å². The van der Waals surface area contributed by atoms with Gasteiger partial charge in [-0.1, -0.05) is 30.7 Å². The van der Waals surface area contributed by atoms with Crippen LogP contribution in [0.5, 0.6) is 0 Å². The van der Waals surface area contributed by atoms with E-state index >= 15 is 0 Å². The van der Waals surface area contributed by atoms with Crippen LogP contribution in [0.1, 0.15) is 41.4 Å². The van der Waals surface area contributed by atoms with Crippen LogP contribution in [0, 0.1) is 13.8 Å². The van der Waals surface area contributed by atoms with Gasteiger partial charge in [-0.2, -0.15) is 0 Å². The second kappa shape index (κ2) is 7.79. The van der Waals surface area contributed by atoms with Crippen molar-refractivity contribution in [3.05, 3.63) is 58.6 Å². The highest BCUT2D eigenvalue weighted by molar-refractivity contribution is 7.18. The van der Waals surface area contributed by atoms with E-state index in [0.717, 1.165) is 46.7 Å². The van der Waals surface area contributed by atoms with Gasteiger partial charge in [-0.3, -0.25) is 9.69 Å². The van der Waals surface area contributed by atoms with Crippen LogP contribution in [0.15, 0.2) is 42.5 Å². The zero-order valence-electron chi connectivity index (χ0n) is 15.9. The summed E-state index contributed by atoms with van der Waals surface area (Å²) in [6.07, 6.45) is 3.39. The lowest BCUT2D eigenvalue weighted by atomic mass is 10.0. The first-order valence-corrected chi connectivity index (χ1v) is 10.4. The van der Waals surface area contributed by atoms with Crippen LogP contribution in [-0.4, -0.2) is 28.9 Å². The van der Waals surface area contributed by atoms with Crippen LogP contribution in [0.25, 0.3) is 10.2 Å². The van der Waals surface area contributed by atoms with E-state index < -0.39 is 0 Å². The fourth-order valence-corrected chi connectivity index (χ4v) is 4.87. The molecular formula is C22H25N3OS. The zero-order chi connectivity index (χ0) is 18.8. The number of aryl methyl sites for hydroxylation is 2. The van der Waals surface area contributed by atoms with Crippen molar-refractivity contribution in [2.75, 3.05) is 18.4 Å². The lowest BCUT2D eigenvalue weighted by Crippen LogP contribution is -2.39. The molecule has 3 aromatic rings. The second-order valence-electron chi connectivity index (χ2n) is 7.37. The first kappa shape index (κ1) is 18.1. The van der Waals surface area contributed by atoms with E-state index in [1.54, 1.807) is 11.3 Å². The molecule has 140 valence electrons. The summed E-state index contributed by atoms with van der Waals surface area (Å²) in [6.45, 7) is 5.43. The summed E-state index contributed by atoms with van der Waals surface area (Å²) in [5, 5.41) is 4.23. The molecule has 2 heterocycles. The number of aromatic nitrogens is 1. The van der Waals surface area contributed by atoms with Gasteiger partial charge in [0.1, 0.15) is 5.01 Å². The molecule has 4 rings (SSSR count). The number of fused-ring (bicyclic) bond motifs is 1. The molecular weight excluding hydrogens is 354 g/mol. The van der Waals surface area contributed by atoms with Crippen molar-refractivity contribution in [3.8, 4) is 0 Å². The molecule has 0 unspecified atom stereocenters. The standard InChI is InChI=1S/C22H25N3OS/c1-15-10-11-16(2)18(13-15)23-21(26)14-25-12-6-5-8-19(25)22-24-17-7-3-4-9-20(17)27-22/h3-4,7,9-11,13,19H,5-6,8,12,14H2,1-2H3,(H,23,26)/t19-/m1/s1. The Morgan fingerprint density at radius 1 is 1.22 bits per heavy atom. The van der Waals surface area contributed by atoms with Gasteiger partial charge < -0.3 is 5.32 Å². The van der Waals surface area contributed by atoms with Crippen LogP contribution < -0.4 is 5.32 Å². The van der Waals surface area contributed by atoms with Crippen molar-refractivity contribution in [1.29, 1.82) is 0 Å². The van der Waals surface area contributed by atoms with Gasteiger partial charge in [-0.05, 0) is 62.6 Å². The number of carbonyl (C=O) groups is 1. The quantitative estimate of drug-likeness (QED) is 0.688. The van der Waals surface area contributed by atoms with E-state index in [2.05, 4.69) is 40.5 Å². The van der Waals surface area contributed by atoms with Crippen LogP contribution >= 0.6 is 11.3 Å². The number of hydrogen-bond donors (Lipinski definition) is 1. The fraction of sp³-hybridized carbons (Fsp3) is 0.364. The number of thiazole rings is 1. The number of likely N-dealkylation sites (tertiary alicyclic amines) is 1. The number of carbonyl (C=O) groups excluding carboxylic acids is 1. The van der Waals surface area contributed by atoms with Crippen LogP contribution in [0.3, 0.4) is 0 Å². The number of hydrogen-bond acceptors (Lipinski definition) is 4. The number of benzene rings is 2. The Morgan fingerprint density at radius 2 is 2.07 bits per heavy atom. The van der Waals surface area contributed by atoms with Crippen molar-refractivity contribution in [2.24, 2.45) is 0 Å². The highest BCUT2D eigenvalue weighted by Crippen LogP contribution is 2.35. The summed E-state index contributed by atoms with van der Waals surface area (Å²) < 4.78 is 1.22. The van der Waals surface area contributed by atoms with Gasteiger partial charge >= 0.3 is 0 Å². The minimum Gasteiger partial charge on any atom is -0.325 e. The number of anilines is 1. The third-order valence-corrected chi connectivity index (χ3v) is 6.36. The van der Waals surface area contributed by atoms with Gasteiger partial charge in [0.2, 0.25) is 5.91 Å². The maximum Gasteiger partial charge on any atom is 0.238 e. The molecule has 0 radical (unpaired) electrons. The number of nitrogens with zero attached hydrogens (tertiary/aromatic N) is 2. The van der Waals surface area contributed by atoms with Crippen molar-refractivity contribution in [2.45, 2.75) is 39.2 Å². The van der Waals surface area contributed by atoms with Gasteiger partial charge in [0.25, 0.3) is 0 Å². The number of nitrogens with one attached hydrogen (secondary N) is 1. The van der Waals surface area contributed by atoms with Crippen LogP contribution in [0.2, 0.25) is 0 Å². The monoisotopic (exact) mass is 379 g/mol. The Hall–Kier alpha value is -2.24. The Morgan fingerprint density at radius 3 is 2.93 bits per heavy atom. The molecule has 1 saturated heterocycles. The third-order valence-electron chi connectivity index (χ3n) is 5.22. The van der Waals surface area contributed by atoms with Gasteiger partial charge in [0, 0.05) is 5.69 Å². The van der Waals surface area contributed by atoms with Crippen molar-refractivity contribution in [3.63, 3.8) is 0 Å². The predicted molar refractivity (Wildman–Crippen MR) is 112 cm³/mol. The molecule has 1 aliphatic rings. The predicted octanol–water partition coefficient (Wildman–Crippen LogP) is 5.08. The molecule has 0 bridgehead atoms. The van der Waals surface area contributed by atoms with Gasteiger partial charge in [0.05, 0.1) is 22.8 Å². The summed E-state index contributed by atoms with van der Waals surface area (Å²) in [5.41, 5.74) is 4.22. The SMILES string of the molecule is Cc1ccc(C)c(NC(=O)CN2CCCC[C@@H]2c2nc3ccccc3s2)c1. The Balaban J connectivity index is 1.50. The molecule has 1 atom stereocenters. The molecule has 1 fully saturated rings. The van der Waals surface area contributed by atoms with Gasteiger partial charge in [-0.25, -0.2) is 4.98 Å². The molecule has 5 heteroatoms. The first-order valence-electron chi connectivity index (χ1n) is 9.57. The maximum absolute atomic E-state index is 12.7.